The second kappa shape index (κ2) is 6.73. The van der Waals surface area contributed by atoms with Gasteiger partial charge < -0.3 is 0 Å². The van der Waals surface area contributed by atoms with Gasteiger partial charge >= 0.3 is 0 Å². The van der Waals surface area contributed by atoms with Crippen molar-refractivity contribution in [1.29, 1.82) is 0 Å². The number of halogens is 2. The lowest BCUT2D eigenvalue weighted by atomic mass is 10.1. The predicted molar refractivity (Wildman–Crippen MR) is 91.4 cm³/mol. The minimum Gasteiger partial charge on any atom is -0.225 e. The number of hydrogen-bond acceptors (Lipinski definition) is 4. The monoisotopic (exact) mass is 373 g/mol. The molecule has 1 aromatic carbocycles. The molecule has 23 heavy (non-hydrogen) atoms. The predicted octanol–water partition coefficient (Wildman–Crippen LogP) is 3.45. The molecule has 0 radical (unpaired) electrons. The van der Waals surface area contributed by atoms with E-state index in [0.717, 1.165) is 5.56 Å². The van der Waals surface area contributed by atoms with E-state index in [4.69, 9.17) is 23.2 Å². The number of hydrogen-bond donors (Lipinski definition) is 1. The molecule has 0 aliphatic heterocycles. The first-order chi connectivity index (χ1) is 10.6. The smallest absolute Gasteiger partial charge is 0.225 e. The van der Waals surface area contributed by atoms with Crippen LogP contribution < -0.4 is 4.72 Å². The second-order valence-corrected chi connectivity index (χ2v) is 8.54. The van der Waals surface area contributed by atoms with Crippen LogP contribution in [0.1, 0.15) is 32.0 Å². The molecule has 0 unspecified atom stereocenters. The quantitative estimate of drug-likeness (QED) is 0.832. The Kier molecular flexibility index (Phi) is 5.30. The molecule has 5 nitrogen and oxygen atoms in total. The van der Waals surface area contributed by atoms with E-state index in [1.165, 1.54) is 6.20 Å². The summed E-state index contributed by atoms with van der Waals surface area (Å²) in [4.78, 5) is 8.07. The fourth-order valence-corrected chi connectivity index (χ4v) is 3.78. The van der Waals surface area contributed by atoms with Crippen LogP contribution >= 0.6 is 23.2 Å². The van der Waals surface area contributed by atoms with Gasteiger partial charge in [-0.15, -0.1) is 0 Å². The van der Waals surface area contributed by atoms with Crippen LogP contribution in [0.5, 0.6) is 0 Å². The van der Waals surface area contributed by atoms with Crippen molar-refractivity contribution in [1.82, 2.24) is 14.7 Å². The van der Waals surface area contributed by atoms with Crippen molar-refractivity contribution >= 4 is 33.2 Å². The molecule has 0 atom stereocenters. The Balaban J connectivity index is 2.32. The standard InChI is InChI=1S/C15H17Cl2N3O2S/c1-15(2,3)20-23(21,22)11-6-4-5-10(7-11)8-13-12(16)9-18-14(17)19-13/h4-7,9,20H,8H2,1-3H3. The molecule has 0 saturated carbocycles. The molecular weight excluding hydrogens is 357 g/mol. The summed E-state index contributed by atoms with van der Waals surface area (Å²) in [6, 6.07) is 6.64. The highest BCUT2D eigenvalue weighted by Crippen LogP contribution is 2.20. The van der Waals surface area contributed by atoms with Crippen molar-refractivity contribution in [3.8, 4) is 0 Å². The van der Waals surface area contributed by atoms with Gasteiger partial charge in [-0.25, -0.2) is 23.1 Å². The lowest BCUT2D eigenvalue weighted by Crippen LogP contribution is -2.40. The number of nitrogens with zero attached hydrogens (tertiary/aromatic N) is 2. The normalized spacial score (nSPS) is 12.4. The summed E-state index contributed by atoms with van der Waals surface area (Å²) in [6.45, 7) is 5.37. The first-order valence-corrected chi connectivity index (χ1v) is 9.10. The Bertz CT molecular complexity index is 818. The molecule has 0 amide bonds. The van der Waals surface area contributed by atoms with Crippen molar-refractivity contribution in [2.45, 2.75) is 37.6 Å². The molecule has 2 aromatic rings. The molecule has 124 valence electrons. The van der Waals surface area contributed by atoms with Gasteiger partial charge in [0.05, 0.1) is 21.8 Å². The van der Waals surface area contributed by atoms with Crippen molar-refractivity contribution in [2.24, 2.45) is 0 Å². The zero-order valence-corrected chi connectivity index (χ0v) is 15.3. The molecule has 0 aliphatic carbocycles. The average Bonchev–Trinajstić information content (AvgIpc) is 2.41. The third-order valence-electron chi connectivity index (χ3n) is 2.81. The van der Waals surface area contributed by atoms with Crippen LogP contribution in [0.4, 0.5) is 0 Å². The van der Waals surface area contributed by atoms with Gasteiger partial charge in [0.25, 0.3) is 0 Å². The van der Waals surface area contributed by atoms with E-state index in [0.29, 0.717) is 17.1 Å². The zero-order chi connectivity index (χ0) is 17.3. The van der Waals surface area contributed by atoms with Crippen molar-refractivity contribution < 1.29 is 8.42 Å². The highest BCUT2D eigenvalue weighted by Gasteiger charge is 2.22. The molecule has 0 bridgehead atoms. The average molecular weight is 374 g/mol. The van der Waals surface area contributed by atoms with E-state index < -0.39 is 15.6 Å². The Labute approximate surface area is 146 Å². The van der Waals surface area contributed by atoms with Gasteiger partial charge in [-0.2, -0.15) is 0 Å². The van der Waals surface area contributed by atoms with Gasteiger partial charge in [0.1, 0.15) is 0 Å². The molecule has 2 rings (SSSR count). The summed E-state index contributed by atoms with van der Waals surface area (Å²) in [7, 11) is -3.59. The summed E-state index contributed by atoms with van der Waals surface area (Å²) in [5.41, 5.74) is 0.752. The van der Waals surface area contributed by atoms with E-state index in [1.54, 1.807) is 39.0 Å². The Morgan fingerprint density at radius 2 is 1.91 bits per heavy atom. The van der Waals surface area contributed by atoms with Crippen LogP contribution in [0.3, 0.4) is 0 Å². The largest absolute Gasteiger partial charge is 0.241 e. The molecular formula is C15H17Cl2N3O2S. The van der Waals surface area contributed by atoms with E-state index in [2.05, 4.69) is 14.7 Å². The Morgan fingerprint density at radius 1 is 1.22 bits per heavy atom. The maximum atomic E-state index is 12.4. The van der Waals surface area contributed by atoms with Gasteiger partial charge in [-0.05, 0) is 50.1 Å². The maximum Gasteiger partial charge on any atom is 0.241 e. The highest BCUT2D eigenvalue weighted by atomic mass is 35.5. The lowest BCUT2D eigenvalue weighted by Gasteiger charge is -2.20. The van der Waals surface area contributed by atoms with E-state index in [9.17, 15) is 8.42 Å². The van der Waals surface area contributed by atoms with Gasteiger partial charge in [0, 0.05) is 12.0 Å². The molecule has 8 heteroatoms. The first kappa shape index (κ1) is 18.1. The Hall–Kier alpha value is -1.21. The molecule has 0 aliphatic rings. The van der Waals surface area contributed by atoms with Crippen molar-refractivity contribution in [2.75, 3.05) is 0 Å². The molecule has 0 fully saturated rings. The molecule has 0 spiro atoms. The summed E-state index contributed by atoms with van der Waals surface area (Å²) in [5.74, 6) is 0. The number of sulfonamides is 1. The van der Waals surface area contributed by atoms with Crippen LogP contribution in [0.15, 0.2) is 35.4 Å². The topological polar surface area (TPSA) is 72.0 Å². The number of aromatic nitrogens is 2. The zero-order valence-electron chi connectivity index (χ0n) is 13.0. The maximum absolute atomic E-state index is 12.4. The summed E-state index contributed by atoms with van der Waals surface area (Å²) in [6.07, 6.45) is 1.79. The third-order valence-corrected chi connectivity index (χ3v) is 5.06. The molecule has 1 N–H and O–H groups in total. The van der Waals surface area contributed by atoms with Gasteiger partial charge in [0.2, 0.25) is 15.3 Å². The van der Waals surface area contributed by atoms with Gasteiger partial charge in [-0.3, -0.25) is 0 Å². The molecule has 1 aromatic heterocycles. The van der Waals surface area contributed by atoms with Gasteiger partial charge in [0.15, 0.2) is 0 Å². The van der Waals surface area contributed by atoms with Crippen LogP contribution in [0, 0.1) is 0 Å². The summed E-state index contributed by atoms with van der Waals surface area (Å²) < 4.78 is 27.4. The summed E-state index contributed by atoms with van der Waals surface area (Å²) >= 11 is 11.8. The van der Waals surface area contributed by atoms with Crippen molar-refractivity contribution in [3.05, 3.63) is 52.0 Å². The van der Waals surface area contributed by atoms with Gasteiger partial charge in [-0.1, -0.05) is 23.7 Å². The van der Waals surface area contributed by atoms with Crippen molar-refractivity contribution in [3.63, 3.8) is 0 Å². The fraction of sp³-hybridized carbons (Fsp3) is 0.333. The number of nitrogens with one attached hydrogen (secondary N) is 1. The molecule has 0 saturated heterocycles. The second-order valence-electron chi connectivity index (χ2n) is 6.11. The highest BCUT2D eigenvalue weighted by molar-refractivity contribution is 7.89. The first-order valence-electron chi connectivity index (χ1n) is 6.87. The van der Waals surface area contributed by atoms with Crippen LogP contribution in [0.2, 0.25) is 10.3 Å². The third kappa shape index (κ3) is 5.14. The molecule has 1 heterocycles. The lowest BCUT2D eigenvalue weighted by molar-refractivity contribution is 0.491. The number of rotatable bonds is 4. The van der Waals surface area contributed by atoms with Crippen LogP contribution in [0.25, 0.3) is 0 Å². The minimum atomic E-state index is -3.59. The Morgan fingerprint density at radius 3 is 2.57 bits per heavy atom. The van der Waals surface area contributed by atoms with Crippen LogP contribution in [-0.2, 0) is 16.4 Å². The van der Waals surface area contributed by atoms with E-state index in [1.807, 2.05) is 6.07 Å². The summed E-state index contributed by atoms with van der Waals surface area (Å²) in [5, 5.41) is 0.484. The van der Waals surface area contributed by atoms with E-state index in [-0.39, 0.29) is 10.2 Å². The van der Waals surface area contributed by atoms with E-state index >= 15 is 0 Å². The fourth-order valence-electron chi connectivity index (χ4n) is 1.98. The number of benzene rings is 1. The SMILES string of the molecule is CC(C)(C)NS(=O)(=O)c1cccc(Cc2nc(Cl)ncc2Cl)c1. The van der Waals surface area contributed by atoms with Crippen LogP contribution in [-0.4, -0.2) is 23.9 Å². The minimum absolute atomic E-state index is 0.0996.